The normalized spacial score (nSPS) is 16.4. The summed E-state index contributed by atoms with van der Waals surface area (Å²) in [6, 6.07) is 1.88. The summed E-state index contributed by atoms with van der Waals surface area (Å²) in [5.74, 6) is 0.562. The number of nitrogens with zero attached hydrogens (tertiary/aromatic N) is 1. The van der Waals surface area contributed by atoms with Crippen molar-refractivity contribution >= 4 is 5.78 Å². The van der Waals surface area contributed by atoms with Crippen LogP contribution in [0.25, 0.3) is 0 Å². The van der Waals surface area contributed by atoms with E-state index in [0.717, 1.165) is 24.9 Å². The van der Waals surface area contributed by atoms with Gasteiger partial charge in [-0.2, -0.15) is 0 Å². The van der Waals surface area contributed by atoms with E-state index in [-0.39, 0.29) is 11.7 Å². The van der Waals surface area contributed by atoms with E-state index in [1.165, 1.54) is 0 Å². The average molecular weight is 221 g/mol. The Morgan fingerprint density at radius 2 is 2.25 bits per heavy atom. The lowest BCUT2D eigenvalue weighted by atomic mass is 10.1. The number of rotatable bonds is 5. The van der Waals surface area contributed by atoms with Crippen LogP contribution in [0.5, 0.6) is 0 Å². The number of ketones is 1. The maximum Gasteiger partial charge on any atom is 0.167 e. The largest absolute Gasteiger partial charge is 0.390 e. The number of aliphatic hydroxyl groups is 1. The molecule has 0 atom stereocenters. The maximum absolute atomic E-state index is 11.8. The quantitative estimate of drug-likeness (QED) is 0.775. The van der Waals surface area contributed by atoms with Crippen LogP contribution in [-0.4, -0.2) is 21.1 Å². The predicted molar refractivity (Wildman–Crippen MR) is 62.4 cm³/mol. The second kappa shape index (κ2) is 4.06. The molecule has 3 nitrogen and oxygen atoms in total. The molecule has 0 radical (unpaired) electrons. The fourth-order valence-electron chi connectivity index (χ4n) is 1.71. The number of hydrogen-bond donors (Lipinski definition) is 1. The third-order valence-electron chi connectivity index (χ3n) is 2.96. The van der Waals surface area contributed by atoms with Gasteiger partial charge in [-0.15, -0.1) is 0 Å². The van der Waals surface area contributed by atoms with E-state index in [2.05, 4.69) is 0 Å². The Bertz CT molecular complexity index is 383. The zero-order chi connectivity index (χ0) is 11.8. The summed E-state index contributed by atoms with van der Waals surface area (Å²) in [6.07, 6.45) is 6.61. The van der Waals surface area contributed by atoms with Crippen molar-refractivity contribution in [3.8, 4) is 0 Å². The van der Waals surface area contributed by atoms with Gasteiger partial charge in [-0.1, -0.05) is 0 Å². The third-order valence-corrected chi connectivity index (χ3v) is 2.96. The summed E-state index contributed by atoms with van der Waals surface area (Å²) >= 11 is 0. The molecular formula is C13H19NO2. The van der Waals surface area contributed by atoms with Crippen LogP contribution >= 0.6 is 0 Å². The maximum atomic E-state index is 11.8. The topological polar surface area (TPSA) is 42.2 Å². The molecule has 0 bridgehead atoms. The van der Waals surface area contributed by atoms with Crippen molar-refractivity contribution in [2.45, 2.75) is 45.3 Å². The first-order valence-corrected chi connectivity index (χ1v) is 5.88. The molecule has 2 rings (SSSR count). The van der Waals surface area contributed by atoms with Crippen LogP contribution in [0, 0.1) is 5.92 Å². The SMILES string of the molecule is CC(C)(O)CCn1ccc(C(=O)C2CC2)c1. The molecule has 0 saturated heterocycles. The molecular weight excluding hydrogens is 202 g/mol. The Labute approximate surface area is 96.1 Å². The van der Waals surface area contributed by atoms with E-state index >= 15 is 0 Å². The Balaban J connectivity index is 1.94. The van der Waals surface area contributed by atoms with Gasteiger partial charge in [0.15, 0.2) is 5.78 Å². The molecule has 0 unspecified atom stereocenters. The van der Waals surface area contributed by atoms with Gasteiger partial charge in [0, 0.05) is 30.4 Å². The second-order valence-corrected chi connectivity index (χ2v) is 5.34. The van der Waals surface area contributed by atoms with E-state index in [1.807, 2.05) is 23.0 Å². The van der Waals surface area contributed by atoms with Gasteiger partial charge in [-0.25, -0.2) is 0 Å². The Morgan fingerprint density at radius 1 is 1.56 bits per heavy atom. The molecule has 88 valence electrons. The van der Waals surface area contributed by atoms with E-state index in [9.17, 15) is 9.90 Å². The molecule has 1 heterocycles. The lowest BCUT2D eigenvalue weighted by Crippen LogP contribution is -2.20. The first kappa shape index (κ1) is 11.4. The van der Waals surface area contributed by atoms with E-state index in [1.54, 1.807) is 13.8 Å². The number of Topliss-reactive ketones (excluding diaryl/α,β-unsaturated/α-hetero) is 1. The molecule has 3 heteroatoms. The van der Waals surface area contributed by atoms with Crippen LogP contribution in [0.1, 0.15) is 43.5 Å². The summed E-state index contributed by atoms with van der Waals surface area (Å²) in [6.45, 7) is 4.35. The van der Waals surface area contributed by atoms with Crippen molar-refractivity contribution in [3.63, 3.8) is 0 Å². The van der Waals surface area contributed by atoms with Gasteiger partial charge in [0.25, 0.3) is 0 Å². The van der Waals surface area contributed by atoms with Crippen molar-refractivity contribution in [1.82, 2.24) is 4.57 Å². The molecule has 1 aliphatic rings. The summed E-state index contributed by atoms with van der Waals surface area (Å²) in [4.78, 5) is 11.8. The zero-order valence-corrected chi connectivity index (χ0v) is 9.94. The van der Waals surface area contributed by atoms with Gasteiger partial charge < -0.3 is 9.67 Å². The van der Waals surface area contributed by atoms with Crippen molar-refractivity contribution in [3.05, 3.63) is 24.0 Å². The van der Waals surface area contributed by atoms with Crippen LogP contribution in [-0.2, 0) is 6.54 Å². The first-order chi connectivity index (χ1) is 7.46. The van der Waals surface area contributed by atoms with Crippen LogP contribution in [0.2, 0.25) is 0 Å². The molecule has 1 saturated carbocycles. The highest BCUT2D eigenvalue weighted by molar-refractivity contribution is 5.99. The summed E-state index contributed by atoms with van der Waals surface area (Å²) < 4.78 is 1.98. The van der Waals surface area contributed by atoms with Gasteiger partial charge in [-0.05, 0) is 39.2 Å². The van der Waals surface area contributed by atoms with Gasteiger partial charge in [0.1, 0.15) is 0 Å². The number of aromatic nitrogens is 1. The smallest absolute Gasteiger partial charge is 0.167 e. The highest BCUT2D eigenvalue weighted by Gasteiger charge is 2.30. The molecule has 0 aliphatic heterocycles. The average Bonchev–Trinajstić information content (AvgIpc) is 2.92. The number of carbonyl (C=O) groups is 1. The van der Waals surface area contributed by atoms with Gasteiger partial charge in [-0.3, -0.25) is 4.79 Å². The summed E-state index contributed by atoms with van der Waals surface area (Å²) in [5, 5.41) is 9.61. The molecule has 1 fully saturated rings. The third kappa shape index (κ3) is 2.95. The lowest BCUT2D eigenvalue weighted by molar-refractivity contribution is 0.0662. The van der Waals surface area contributed by atoms with Crippen molar-refractivity contribution in [2.75, 3.05) is 0 Å². The molecule has 0 amide bonds. The van der Waals surface area contributed by atoms with Crippen molar-refractivity contribution in [1.29, 1.82) is 0 Å². The Kier molecular flexibility index (Phi) is 2.89. The zero-order valence-electron chi connectivity index (χ0n) is 9.94. The van der Waals surface area contributed by atoms with E-state index in [0.29, 0.717) is 6.42 Å². The minimum Gasteiger partial charge on any atom is -0.390 e. The first-order valence-electron chi connectivity index (χ1n) is 5.88. The fourth-order valence-corrected chi connectivity index (χ4v) is 1.71. The highest BCUT2D eigenvalue weighted by Crippen LogP contribution is 2.32. The van der Waals surface area contributed by atoms with Crippen molar-refractivity contribution < 1.29 is 9.90 Å². The Morgan fingerprint density at radius 3 is 2.81 bits per heavy atom. The minimum absolute atomic E-state index is 0.280. The standard InChI is InChI=1S/C13H19NO2/c1-13(2,16)6-8-14-7-5-11(9-14)12(15)10-3-4-10/h5,7,9-10,16H,3-4,6,8H2,1-2H3. The van der Waals surface area contributed by atoms with Crippen LogP contribution in [0.15, 0.2) is 18.5 Å². The number of aryl methyl sites for hydroxylation is 1. The summed E-state index contributed by atoms with van der Waals surface area (Å²) in [7, 11) is 0. The molecule has 16 heavy (non-hydrogen) atoms. The van der Waals surface area contributed by atoms with Gasteiger partial charge >= 0.3 is 0 Å². The van der Waals surface area contributed by atoms with E-state index < -0.39 is 5.60 Å². The van der Waals surface area contributed by atoms with E-state index in [4.69, 9.17) is 0 Å². The van der Waals surface area contributed by atoms with Crippen LogP contribution < -0.4 is 0 Å². The molecule has 1 aliphatic carbocycles. The second-order valence-electron chi connectivity index (χ2n) is 5.34. The van der Waals surface area contributed by atoms with Crippen LogP contribution in [0.4, 0.5) is 0 Å². The summed E-state index contributed by atoms with van der Waals surface area (Å²) in [5.41, 5.74) is 0.170. The van der Waals surface area contributed by atoms with Gasteiger partial charge in [0.05, 0.1) is 5.60 Å². The van der Waals surface area contributed by atoms with Crippen molar-refractivity contribution in [2.24, 2.45) is 5.92 Å². The number of hydrogen-bond acceptors (Lipinski definition) is 2. The number of carbonyl (C=O) groups excluding carboxylic acids is 1. The highest BCUT2D eigenvalue weighted by atomic mass is 16.3. The molecule has 1 N–H and O–H groups in total. The van der Waals surface area contributed by atoms with Crippen LogP contribution in [0.3, 0.4) is 0 Å². The molecule has 1 aromatic rings. The molecule has 1 aromatic heterocycles. The van der Waals surface area contributed by atoms with Gasteiger partial charge in [0.2, 0.25) is 0 Å². The Hall–Kier alpha value is -1.09. The fraction of sp³-hybridized carbons (Fsp3) is 0.615. The minimum atomic E-state index is -0.648. The molecule has 0 spiro atoms. The lowest BCUT2D eigenvalue weighted by Gasteiger charge is -2.16. The monoisotopic (exact) mass is 221 g/mol. The molecule has 0 aromatic carbocycles. The predicted octanol–water partition coefficient (Wildman–Crippen LogP) is 2.24.